The molecule has 2 aromatic carbocycles. The second-order valence-electron chi connectivity index (χ2n) is 10.5. The lowest BCUT2D eigenvalue weighted by Crippen LogP contribution is -2.67. The van der Waals surface area contributed by atoms with Crippen molar-refractivity contribution in [3.05, 3.63) is 93.8 Å². The molecule has 2 N–H and O–H groups in total. The largest absolute Gasteiger partial charge is 0.465 e. The molecule has 4 rings (SSSR count). The average molecular weight is 539 g/mol. The van der Waals surface area contributed by atoms with Crippen molar-refractivity contribution in [1.82, 2.24) is 9.55 Å². The van der Waals surface area contributed by atoms with Gasteiger partial charge < -0.3 is 19.0 Å². The Morgan fingerprint density at radius 3 is 2.08 bits per heavy atom. The standard InChI is InChI=1S/C28H34N2O7Si/c1-19(31)35-17-22-23(37-26(25(22)33)30-16-15-24(32)29-27(30)34)18-36-38(28(2,3)4,20-11-7-5-8-12-20)21-13-9-6-10-14-21/h5-16,22-23,25-26,33H,17-18H2,1-4H3,(H,29,32,34)/t22-,23-,25+,26-/m1/s1. The van der Waals surface area contributed by atoms with E-state index >= 15 is 0 Å². The van der Waals surface area contributed by atoms with Crippen LogP contribution in [0.15, 0.2) is 82.5 Å². The Kier molecular flexibility index (Phi) is 8.17. The van der Waals surface area contributed by atoms with Crippen LogP contribution in [-0.4, -0.2) is 54.4 Å². The van der Waals surface area contributed by atoms with Crippen molar-refractivity contribution in [2.75, 3.05) is 13.2 Å². The van der Waals surface area contributed by atoms with Crippen molar-refractivity contribution in [3.63, 3.8) is 0 Å². The highest BCUT2D eigenvalue weighted by Crippen LogP contribution is 2.39. The van der Waals surface area contributed by atoms with Crippen LogP contribution in [0.5, 0.6) is 0 Å². The van der Waals surface area contributed by atoms with E-state index in [2.05, 4.69) is 50.0 Å². The van der Waals surface area contributed by atoms with Gasteiger partial charge in [-0.1, -0.05) is 81.4 Å². The Morgan fingerprint density at radius 1 is 1.00 bits per heavy atom. The summed E-state index contributed by atoms with van der Waals surface area (Å²) in [5.74, 6) is -1.16. The highest BCUT2D eigenvalue weighted by molar-refractivity contribution is 6.99. The van der Waals surface area contributed by atoms with Crippen molar-refractivity contribution in [1.29, 1.82) is 0 Å². The zero-order valence-electron chi connectivity index (χ0n) is 22.0. The van der Waals surface area contributed by atoms with Crippen molar-refractivity contribution < 1.29 is 23.8 Å². The van der Waals surface area contributed by atoms with Crippen molar-refractivity contribution >= 4 is 24.7 Å². The summed E-state index contributed by atoms with van der Waals surface area (Å²) in [6.45, 7) is 7.73. The molecule has 0 saturated carbocycles. The molecule has 0 spiro atoms. The second-order valence-corrected chi connectivity index (χ2v) is 14.8. The summed E-state index contributed by atoms with van der Waals surface area (Å²) in [7, 11) is -2.92. The fourth-order valence-electron chi connectivity index (χ4n) is 5.20. The fourth-order valence-corrected chi connectivity index (χ4v) is 9.77. The van der Waals surface area contributed by atoms with Gasteiger partial charge in [0.25, 0.3) is 13.9 Å². The number of rotatable bonds is 8. The molecule has 1 saturated heterocycles. The highest BCUT2D eigenvalue weighted by Gasteiger charge is 2.52. The van der Waals surface area contributed by atoms with Gasteiger partial charge >= 0.3 is 11.7 Å². The highest BCUT2D eigenvalue weighted by atomic mass is 28.4. The minimum Gasteiger partial charge on any atom is -0.465 e. The first-order valence-corrected chi connectivity index (χ1v) is 14.5. The number of hydrogen-bond acceptors (Lipinski definition) is 7. The van der Waals surface area contributed by atoms with Crippen LogP contribution >= 0.6 is 0 Å². The van der Waals surface area contributed by atoms with E-state index in [0.29, 0.717) is 0 Å². The first-order chi connectivity index (χ1) is 18.0. The number of aromatic nitrogens is 2. The number of aliphatic hydroxyl groups is 1. The molecule has 1 aliphatic heterocycles. The first kappa shape index (κ1) is 27.7. The maximum atomic E-state index is 12.5. The van der Waals surface area contributed by atoms with E-state index < -0.39 is 49.9 Å². The summed E-state index contributed by atoms with van der Waals surface area (Å²) in [6.07, 6.45) is -1.70. The van der Waals surface area contributed by atoms with Crippen LogP contribution in [0, 0.1) is 5.92 Å². The third-order valence-electron chi connectivity index (χ3n) is 7.01. The van der Waals surface area contributed by atoms with E-state index in [0.717, 1.165) is 14.9 Å². The molecule has 202 valence electrons. The Bertz CT molecular complexity index is 1310. The van der Waals surface area contributed by atoms with Crippen molar-refractivity contribution in [2.45, 2.75) is 51.2 Å². The van der Waals surface area contributed by atoms with Gasteiger partial charge in [0.1, 0.15) is 6.10 Å². The van der Waals surface area contributed by atoms with Gasteiger partial charge in [-0.15, -0.1) is 0 Å². The molecule has 2 heterocycles. The maximum Gasteiger partial charge on any atom is 0.330 e. The van der Waals surface area contributed by atoms with Crippen LogP contribution in [0.2, 0.25) is 5.04 Å². The van der Waals surface area contributed by atoms with Gasteiger partial charge in [-0.2, -0.15) is 0 Å². The van der Waals surface area contributed by atoms with E-state index in [4.69, 9.17) is 13.9 Å². The number of benzene rings is 2. The summed E-state index contributed by atoms with van der Waals surface area (Å²) in [6, 6.07) is 21.4. The van der Waals surface area contributed by atoms with Crippen LogP contribution in [0.1, 0.15) is 33.9 Å². The summed E-state index contributed by atoms with van der Waals surface area (Å²) >= 11 is 0. The topological polar surface area (TPSA) is 120 Å². The minimum atomic E-state index is -2.92. The summed E-state index contributed by atoms with van der Waals surface area (Å²) in [5.41, 5.74) is -1.26. The lowest BCUT2D eigenvalue weighted by molar-refractivity contribution is -0.143. The van der Waals surface area contributed by atoms with Crippen molar-refractivity contribution in [2.24, 2.45) is 5.92 Å². The molecule has 10 heteroatoms. The van der Waals surface area contributed by atoms with E-state index in [1.165, 1.54) is 19.2 Å². The molecule has 4 atom stereocenters. The fraction of sp³-hybridized carbons (Fsp3) is 0.393. The molecule has 0 aliphatic carbocycles. The molecule has 0 bridgehead atoms. The SMILES string of the molecule is CC(=O)OC[C@H]1[C@H](O)[C@H](n2ccc(=O)[nH]c2=O)O[C@@H]1CO[Si](c1ccccc1)(c1ccccc1)C(C)(C)C. The van der Waals surface area contributed by atoms with Gasteiger partial charge in [-0.05, 0) is 15.4 Å². The van der Waals surface area contributed by atoms with Gasteiger partial charge in [0.2, 0.25) is 0 Å². The van der Waals surface area contributed by atoms with Crippen LogP contribution in [0.4, 0.5) is 0 Å². The van der Waals surface area contributed by atoms with Crippen LogP contribution in [0.25, 0.3) is 0 Å². The van der Waals surface area contributed by atoms with Gasteiger partial charge in [0.05, 0.1) is 25.2 Å². The Hall–Kier alpha value is -3.31. The molecule has 9 nitrogen and oxygen atoms in total. The zero-order chi connectivity index (χ0) is 27.5. The number of nitrogens with one attached hydrogen (secondary N) is 1. The number of nitrogens with zero attached hydrogens (tertiary/aromatic N) is 1. The van der Waals surface area contributed by atoms with Gasteiger partial charge in [-0.25, -0.2) is 4.79 Å². The van der Waals surface area contributed by atoms with Crippen LogP contribution in [-0.2, 0) is 18.7 Å². The Balaban J connectivity index is 1.73. The lowest BCUT2D eigenvalue weighted by atomic mass is 9.99. The zero-order valence-corrected chi connectivity index (χ0v) is 23.0. The van der Waals surface area contributed by atoms with E-state index in [-0.39, 0.29) is 18.3 Å². The quantitative estimate of drug-likeness (QED) is 0.330. The monoisotopic (exact) mass is 538 g/mol. The number of carbonyl (C=O) groups is 1. The predicted molar refractivity (Wildman–Crippen MR) is 145 cm³/mol. The average Bonchev–Trinajstić information content (AvgIpc) is 3.18. The molecule has 1 aromatic heterocycles. The molecule has 3 aromatic rings. The van der Waals surface area contributed by atoms with Gasteiger partial charge in [0.15, 0.2) is 6.23 Å². The summed E-state index contributed by atoms with van der Waals surface area (Å²) in [4.78, 5) is 37.9. The van der Waals surface area contributed by atoms with E-state index in [9.17, 15) is 19.5 Å². The minimum absolute atomic E-state index is 0.0882. The van der Waals surface area contributed by atoms with E-state index in [1.54, 1.807) is 0 Å². The molecule has 38 heavy (non-hydrogen) atoms. The number of aliphatic hydroxyl groups excluding tert-OH is 1. The van der Waals surface area contributed by atoms with E-state index in [1.807, 2.05) is 36.4 Å². The van der Waals surface area contributed by atoms with Gasteiger partial charge in [-0.3, -0.25) is 19.1 Å². The van der Waals surface area contributed by atoms with Gasteiger partial charge in [0, 0.05) is 19.2 Å². The molecule has 0 unspecified atom stereocenters. The molecule has 1 fully saturated rings. The van der Waals surface area contributed by atoms with Crippen LogP contribution in [0.3, 0.4) is 0 Å². The normalized spacial score (nSPS) is 21.8. The number of esters is 1. The number of hydrogen-bond donors (Lipinski definition) is 2. The molecule has 0 radical (unpaired) electrons. The molecular weight excluding hydrogens is 504 g/mol. The Morgan fingerprint density at radius 2 is 1.58 bits per heavy atom. The first-order valence-electron chi connectivity index (χ1n) is 12.6. The lowest BCUT2D eigenvalue weighted by Gasteiger charge is -2.43. The van der Waals surface area contributed by atoms with Crippen LogP contribution < -0.4 is 21.6 Å². The second kappa shape index (κ2) is 11.2. The van der Waals surface area contributed by atoms with Crippen molar-refractivity contribution in [3.8, 4) is 0 Å². The third kappa shape index (κ3) is 5.44. The smallest absolute Gasteiger partial charge is 0.330 e. The summed E-state index contributed by atoms with van der Waals surface area (Å²) < 4.78 is 19.6. The maximum absolute atomic E-state index is 12.5. The predicted octanol–water partition coefficient (Wildman–Crippen LogP) is 1.55. The molecule has 1 aliphatic rings. The third-order valence-corrected chi connectivity index (χ3v) is 12.0. The Labute approximate surface area is 222 Å². The number of aromatic amines is 1. The number of H-pyrrole nitrogens is 1. The number of carbonyl (C=O) groups excluding carboxylic acids is 1. The molecular formula is C28H34N2O7Si. The summed E-state index contributed by atoms with van der Waals surface area (Å²) in [5, 5.41) is 13.1. The number of ether oxygens (including phenoxy) is 2. The molecule has 0 amide bonds.